The molecule has 0 fully saturated rings. The quantitative estimate of drug-likeness (QED) is 0.685. The largest absolute Gasteiger partial charge is 0.464 e. The average Bonchev–Trinajstić information content (AvgIpc) is 2.85. The van der Waals surface area contributed by atoms with Crippen molar-refractivity contribution in [3.8, 4) is 0 Å². The van der Waals surface area contributed by atoms with Crippen LogP contribution in [0.2, 0.25) is 0 Å². The SMILES string of the molecule is COC(=O)c1c2ccccc2nn1Cc1ccccc1. The molecule has 0 bridgehead atoms. The Kier molecular flexibility index (Phi) is 3.21. The Balaban J connectivity index is 2.12. The Morgan fingerprint density at radius 2 is 1.80 bits per heavy atom. The number of rotatable bonds is 3. The molecule has 20 heavy (non-hydrogen) atoms. The summed E-state index contributed by atoms with van der Waals surface area (Å²) in [5.41, 5.74) is 2.38. The molecule has 0 atom stereocenters. The molecule has 0 saturated heterocycles. The van der Waals surface area contributed by atoms with E-state index in [1.165, 1.54) is 7.11 Å². The second kappa shape index (κ2) is 5.17. The molecule has 0 aliphatic rings. The third-order valence-corrected chi connectivity index (χ3v) is 3.20. The maximum Gasteiger partial charge on any atom is 0.356 e. The van der Waals surface area contributed by atoms with E-state index >= 15 is 0 Å². The Morgan fingerprint density at radius 1 is 1.10 bits per heavy atom. The summed E-state index contributed by atoms with van der Waals surface area (Å²) in [5.74, 6) is -0.366. The second-order valence-corrected chi connectivity index (χ2v) is 4.50. The van der Waals surface area contributed by atoms with E-state index in [9.17, 15) is 4.79 Å². The molecule has 0 spiro atoms. The van der Waals surface area contributed by atoms with Crippen LogP contribution in [0.5, 0.6) is 0 Å². The molecular weight excluding hydrogens is 252 g/mol. The average molecular weight is 266 g/mol. The Hall–Kier alpha value is -2.62. The van der Waals surface area contributed by atoms with Crippen molar-refractivity contribution in [1.82, 2.24) is 9.78 Å². The summed E-state index contributed by atoms with van der Waals surface area (Å²) in [6.45, 7) is 0.542. The third kappa shape index (κ3) is 2.16. The molecule has 0 aliphatic heterocycles. The van der Waals surface area contributed by atoms with Gasteiger partial charge in [-0.15, -0.1) is 0 Å². The number of methoxy groups -OCH3 is 1. The van der Waals surface area contributed by atoms with E-state index in [2.05, 4.69) is 5.10 Å². The highest BCUT2D eigenvalue weighted by molar-refractivity contribution is 6.02. The number of carbonyl (C=O) groups is 1. The van der Waals surface area contributed by atoms with Gasteiger partial charge in [0.1, 0.15) is 0 Å². The van der Waals surface area contributed by atoms with E-state index in [0.29, 0.717) is 12.2 Å². The van der Waals surface area contributed by atoms with Crippen LogP contribution in [-0.4, -0.2) is 22.9 Å². The summed E-state index contributed by atoms with van der Waals surface area (Å²) in [5, 5.41) is 5.31. The van der Waals surface area contributed by atoms with E-state index in [0.717, 1.165) is 16.5 Å². The van der Waals surface area contributed by atoms with Crippen molar-refractivity contribution >= 4 is 16.9 Å². The Bertz CT molecular complexity index is 748. The molecular formula is C16H14N2O2. The highest BCUT2D eigenvalue weighted by Gasteiger charge is 2.18. The maximum atomic E-state index is 12.0. The van der Waals surface area contributed by atoms with Crippen LogP contribution in [0.3, 0.4) is 0 Å². The zero-order valence-electron chi connectivity index (χ0n) is 11.1. The minimum atomic E-state index is -0.366. The van der Waals surface area contributed by atoms with Gasteiger partial charge in [-0.2, -0.15) is 5.10 Å². The lowest BCUT2D eigenvalue weighted by atomic mass is 10.2. The number of benzene rings is 2. The minimum Gasteiger partial charge on any atom is -0.464 e. The molecule has 0 N–H and O–H groups in total. The molecule has 2 aromatic carbocycles. The molecule has 0 saturated carbocycles. The van der Waals surface area contributed by atoms with Crippen molar-refractivity contribution in [1.29, 1.82) is 0 Å². The second-order valence-electron chi connectivity index (χ2n) is 4.50. The van der Waals surface area contributed by atoms with Gasteiger partial charge < -0.3 is 4.74 Å². The highest BCUT2D eigenvalue weighted by atomic mass is 16.5. The van der Waals surface area contributed by atoms with Crippen molar-refractivity contribution in [3.63, 3.8) is 0 Å². The fourth-order valence-electron chi connectivity index (χ4n) is 2.26. The smallest absolute Gasteiger partial charge is 0.356 e. The summed E-state index contributed by atoms with van der Waals surface area (Å²) in [7, 11) is 1.39. The molecule has 0 aliphatic carbocycles. The molecule has 1 aromatic heterocycles. The first-order valence-corrected chi connectivity index (χ1v) is 6.37. The zero-order chi connectivity index (χ0) is 13.9. The van der Waals surface area contributed by atoms with Crippen molar-refractivity contribution in [2.45, 2.75) is 6.54 Å². The monoisotopic (exact) mass is 266 g/mol. The lowest BCUT2D eigenvalue weighted by Crippen LogP contribution is -2.12. The molecule has 100 valence electrons. The maximum absolute atomic E-state index is 12.0. The van der Waals surface area contributed by atoms with E-state index in [1.54, 1.807) is 4.68 Å². The zero-order valence-corrected chi connectivity index (χ0v) is 11.1. The van der Waals surface area contributed by atoms with Gasteiger partial charge in [0.25, 0.3) is 0 Å². The van der Waals surface area contributed by atoms with Crippen molar-refractivity contribution in [2.75, 3.05) is 7.11 Å². The van der Waals surface area contributed by atoms with E-state index in [1.807, 2.05) is 54.6 Å². The van der Waals surface area contributed by atoms with Gasteiger partial charge in [0.05, 0.1) is 19.2 Å². The predicted molar refractivity (Wildman–Crippen MR) is 76.6 cm³/mol. The summed E-state index contributed by atoms with van der Waals surface area (Å²) in [6, 6.07) is 17.5. The van der Waals surface area contributed by atoms with Crippen molar-refractivity contribution < 1.29 is 9.53 Å². The first-order valence-electron chi connectivity index (χ1n) is 6.37. The lowest BCUT2D eigenvalue weighted by Gasteiger charge is -2.06. The van der Waals surface area contributed by atoms with Crippen LogP contribution in [-0.2, 0) is 11.3 Å². The van der Waals surface area contributed by atoms with Gasteiger partial charge in [0.2, 0.25) is 0 Å². The molecule has 0 unspecified atom stereocenters. The van der Waals surface area contributed by atoms with Crippen LogP contribution < -0.4 is 0 Å². The predicted octanol–water partition coefficient (Wildman–Crippen LogP) is 2.87. The van der Waals surface area contributed by atoms with Crippen LogP contribution in [0.1, 0.15) is 16.1 Å². The first-order chi connectivity index (χ1) is 9.79. The topological polar surface area (TPSA) is 44.1 Å². The molecule has 4 nitrogen and oxygen atoms in total. The number of esters is 1. The molecule has 1 heterocycles. The highest BCUT2D eigenvalue weighted by Crippen LogP contribution is 2.20. The van der Waals surface area contributed by atoms with Gasteiger partial charge >= 0.3 is 5.97 Å². The van der Waals surface area contributed by atoms with Gasteiger partial charge in [-0.1, -0.05) is 48.5 Å². The van der Waals surface area contributed by atoms with Crippen LogP contribution in [0, 0.1) is 0 Å². The number of aromatic nitrogens is 2. The van der Waals surface area contributed by atoms with Crippen molar-refractivity contribution in [3.05, 3.63) is 65.9 Å². The van der Waals surface area contributed by atoms with Crippen LogP contribution in [0.4, 0.5) is 0 Å². The number of nitrogens with zero attached hydrogens (tertiary/aromatic N) is 2. The van der Waals surface area contributed by atoms with Crippen LogP contribution >= 0.6 is 0 Å². The molecule has 3 rings (SSSR count). The number of hydrogen-bond donors (Lipinski definition) is 0. The van der Waals surface area contributed by atoms with E-state index < -0.39 is 0 Å². The van der Waals surface area contributed by atoms with Gasteiger partial charge in [-0.05, 0) is 11.6 Å². The fourth-order valence-corrected chi connectivity index (χ4v) is 2.26. The summed E-state index contributed by atoms with van der Waals surface area (Å²) in [4.78, 5) is 12.0. The number of carbonyl (C=O) groups excluding carboxylic acids is 1. The minimum absolute atomic E-state index is 0.366. The lowest BCUT2D eigenvalue weighted by molar-refractivity contribution is 0.0589. The third-order valence-electron chi connectivity index (χ3n) is 3.20. The molecule has 3 aromatic rings. The number of ether oxygens (including phenoxy) is 1. The van der Waals surface area contributed by atoms with E-state index in [4.69, 9.17) is 4.74 Å². The summed E-state index contributed by atoms with van der Waals surface area (Å²) >= 11 is 0. The van der Waals surface area contributed by atoms with Gasteiger partial charge in [-0.3, -0.25) is 4.68 Å². The van der Waals surface area contributed by atoms with Crippen LogP contribution in [0.15, 0.2) is 54.6 Å². The molecule has 4 heteroatoms. The molecule has 0 radical (unpaired) electrons. The van der Waals surface area contributed by atoms with Crippen LogP contribution in [0.25, 0.3) is 10.9 Å². The van der Waals surface area contributed by atoms with Gasteiger partial charge in [0, 0.05) is 5.39 Å². The molecule has 0 amide bonds. The van der Waals surface area contributed by atoms with Crippen molar-refractivity contribution in [2.24, 2.45) is 0 Å². The van der Waals surface area contributed by atoms with Gasteiger partial charge in [0.15, 0.2) is 5.69 Å². The number of fused-ring (bicyclic) bond motifs is 1. The van der Waals surface area contributed by atoms with Gasteiger partial charge in [-0.25, -0.2) is 4.79 Å². The Morgan fingerprint density at radius 3 is 2.55 bits per heavy atom. The standard InChI is InChI=1S/C16H14N2O2/c1-20-16(19)15-13-9-5-6-10-14(13)17-18(15)11-12-7-3-2-4-8-12/h2-10H,11H2,1H3. The number of hydrogen-bond acceptors (Lipinski definition) is 3. The summed E-state index contributed by atoms with van der Waals surface area (Å²) in [6.07, 6.45) is 0. The van der Waals surface area contributed by atoms with E-state index in [-0.39, 0.29) is 5.97 Å². The summed E-state index contributed by atoms with van der Waals surface area (Å²) < 4.78 is 6.58. The first kappa shape index (κ1) is 12.4. The normalized spacial score (nSPS) is 10.7. The fraction of sp³-hybridized carbons (Fsp3) is 0.125. The Labute approximate surface area is 116 Å².